The van der Waals surface area contributed by atoms with Gasteiger partial charge in [0, 0.05) is 5.56 Å². The van der Waals surface area contributed by atoms with Crippen molar-refractivity contribution >= 4 is 19.1 Å². The molecule has 0 bridgehead atoms. The van der Waals surface area contributed by atoms with Gasteiger partial charge < -0.3 is 9.16 Å². The first-order valence-corrected chi connectivity index (χ1v) is 10.4. The van der Waals surface area contributed by atoms with Crippen LogP contribution in [0.3, 0.4) is 0 Å². The van der Waals surface area contributed by atoms with Gasteiger partial charge in [-0.1, -0.05) is 24.3 Å². The minimum Gasteiger partial charge on any atom is -0.497 e. The largest absolute Gasteiger partial charge is 0.497 e. The van der Waals surface area contributed by atoms with Crippen LogP contribution in [0.25, 0.3) is 10.8 Å². The summed E-state index contributed by atoms with van der Waals surface area (Å²) in [5, 5.41) is 11.8. The number of nitriles is 1. The van der Waals surface area contributed by atoms with Crippen molar-refractivity contribution in [3.8, 4) is 11.8 Å². The maximum absolute atomic E-state index is 9.68. The summed E-state index contributed by atoms with van der Waals surface area (Å²) in [6, 6.07) is 14.2. The number of methoxy groups -OCH3 is 1. The van der Waals surface area contributed by atoms with Gasteiger partial charge in [0.15, 0.2) is 13.9 Å². The fourth-order valence-electron chi connectivity index (χ4n) is 2.56. The molecule has 0 N–H and O–H groups in total. The molecule has 0 heterocycles. The number of nitrogens with zero attached hydrogens (tertiary/aromatic N) is 1. The first-order chi connectivity index (χ1) is 9.79. The van der Waals surface area contributed by atoms with E-state index in [1.807, 2.05) is 43.3 Å². The van der Waals surface area contributed by atoms with Crippen molar-refractivity contribution in [2.24, 2.45) is 0 Å². The Labute approximate surface area is 127 Å². The Morgan fingerprint density at radius 3 is 2.43 bits per heavy atom. The van der Waals surface area contributed by atoms with Crippen LogP contribution in [0.15, 0.2) is 36.4 Å². The summed E-state index contributed by atoms with van der Waals surface area (Å²) in [6.45, 7) is 8.13. The molecule has 0 aliphatic rings. The SMILES string of the molecule is COc1ccc2c(C(C)(C#N)O[Si](C)(C)C)cccc2c1. The zero-order valence-corrected chi connectivity index (χ0v) is 14.2. The van der Waals surface area contributed by atoms with E-state index < -0.39 is 13.9 Å². The first kappa shape index (κ1) is 15.6. The summed E-state index contributed by atoms with van der Waals surface area (Å²) in [7, 11) is -0.197. The lowest BCUT2D eigenvalue weighted by atomic mass is 9.92. The molecule has 0 amide bonds. The lowest BCUT2D eigenvalue weighted by molar-refractivity contribution is 0.142. The number of ether oxygens (including phenoxy) is 1. The summed E-state index contributed by atoms with van der Waals surface area (Å²) >= 11 is 0. The van der Waals surface area contributed by atoms with E-state index in [1.54, 1.807) is 7.11 Å². The van der Waals surface area contributed by atoms with Crippen LogP contribution in [0.1, 0.15) is 12.5 Å². The maximum atomic E-state index is 9.68. The summed E-state index contributed by atoms with van der Waals surface area (Å²) < 4.78 is 11.4. The second kappa shape index (κ2) is 5.51. The van der Waals surface area contributed by atoms with Crippen molar-refractivity contribution in [2.75, 3.05) is 7.11 Å². The summed E-state index contributed by atoms with van der Waals surface area (Å²) in [5.74, 6) is 0.810. The van der Waals surface area contributed by atoms with Crippen molar-refractivity contribution in [1.82, 2.24) is 0 Å². The Morgan fingerprint density at radius 2 is 1.86 bits per heavy atom. The van der Waals surface area contributed by atoms with Gasteiger partial charge in [-0.3, -0.25) is 0 Å². The Kier molecular flexibility index (Phi) is 4.08. The Balaban J connectivity index is 2.62. The monoisotopic (exact) mass is 299 g/mol. The molecule has 3 nitrogen and oxygen atoms in total. The van der Waals surface area contributed by atoms with Crippen LogP contribution in [0.2, 0.25) is 19.6 Å². The van der Waals surface area contributed by atoms with Gasteiger partial charge in [-0.15, -0.1) is 0 Å². The highest BCUT2D eigenvalue weighted by Crippen LogP contribution is 2.34. The Bertz CT molecular complexity index is 700. The number of rotatable bonds is 4. The maximum Gasteiger partial charge on any atom is 0.186 e. The van der Waals surface area contributed by atoms with Gasteiger partial charge in [0.05, 0.1) is 7.11 Å². The molecule has 21 heavy (non-hydrogen) atoms. The fourth-order valence-corrected chi connectivity index (χ4v) is 3.94. The smallest absolute Gasteiger partial charge is 0.186 e. The molecule has 0 aromatic heterocycles. The van der Waals surface area contributed by atoms with Crippen LogP contribution in [-0.2, 0) is 10.0 Å². The Morgan fingerprint density at radius 1 is 1.14 bits per heavy atom. The minimum absolute atomic E-state index is 0.810. The van der Waals surface area contributed by atoms with Crippen molar-refractivity contribution in [3.05, 3.63) is 42.0 Å². The van der Waals surface area contributed by atoms with E-state index in [2.05, 4.69) is 25.7 Å². The normalized spacial score (nSPS) is 14.5. The molecule has 0 fully saturated rings. The molecule has 1 unspecified atom stereocenters. The van der Waals surface area contributed by atoms with Crippen molar-refractivity contribution in [3.63, 3.8) is 0 Å². The predicted octanol–water partition coefficient (Wildman–Crippen LogP) is 4.44. The molecule has 2 aromatic rings. The van der Waals surface area contributed by atoms with Crippen LogP contribution in [0.5, 0.6) is 5.75 Å². The fraction of sp³-hybridized carbons (Fsp3) is 0.353. The molecule has 0 radical (unpaired) electrons. The average Bonchev–Trinajstić information content (AvgIpc) is 2.44. The van der Waals surface area contributed by atoms with E-state index in [0.717, 1.165) is 22.1 Å². The van der Waals surface area contributed by atoms with E-state index in [1.165, 1.54) is 0 Å². The minimum atomic E-state index is -1.85. The van der Waals surface area contributed by atoms with Crippen molar-refractivity contribution in [1.29, 1.82) is 5.26 Å². The molecular formula is C17H21NO2Si. The lowest BCUT2D eigenvalue weighted by Gasteiger charge is -2.31. The molecule has 1 atom stereocenters. The highest BCUT2D eigenvalue weighted by Gasteiger charge is 2.34. The molecule has 110 valence electrons. The Hall–Kier alpha value is -1.83. The molecule has 0 aliphatic heterocycles. The van der Waals surface area contributed by atoms with E-state index in [-0.39, 0.29) is 0 Å². The van der Waals surface area contributed by atoms with Gasteiger partial charge >= 0.3 is 0 Å². The van der Waals surface area contributed by atoms with E-state index >= 15 is 0 Å². The van der Waals surface area contributed by atoms with E-state index in [4.69, 9.17) is 9.16 Å². The standard InChI is InChI=1S/C17H21NO2Si/c1-17(12-18,20-21(3,4)5)16-8-6-7-13-11-14(19-2)9-10-15(13)16/h6-11H,1-5H3. The number of hydrogen-bond acceptors (Lipinski definition) is 3. The first-order valence-electron chi connectivity index (χ1n) is 6.98. The number of hydrogen-bond donors (Lipinski definition) is 0. The zero-order valence-electron chi connectivity index (χ0n) is 13.2. The van der Waals surface area contributed by atoms with E-state index in [0.29, 0.717) is 0 Å². The van der Waals surface area contributed by atoms with Crippen LogP contribution >= 0.6 is 0 Å². The van der Waals surface area contributed by atoms with Crippen molar-refractivity contribution < 1.29 is 9.16 Å². The van der Waals surface area contributed by atoms with Crippen molar-refractivity contribution in [2.45, 2.75) is 32.2 Å². The molecule has 4 heteroatoms. The second-order valence-corrected chi connectivity index (χ2v) is 10.7. The van der Waals surface area contributed by atoms with Crippen LogP contribution in [-0.4, -0.2) is 15.4 Å². The van der Waals surface area contributed by atoms with Gasteiger partial charge in [0.2, 0.25) is 0 Å². The van der Waals surface area contributed by atoms with Crippen LogP contribution in [0, 0.1) is 11.3 Å². The highest BCUT2D eigenvalue weighted by atomic mass is 28.4. The molecule has 0 saturated heterocycles. The van der Waals surface area contributed by atoms with Gasteiger partial charge in [-0.2, -0.15) is 5.26 Å². The third-order valence-corrected chi connectivity index (χ3v) is 4.35. The molecule has 2 rings (SSSR count). The topological polar surface area (TPSA) is 42.2 Å². The van der Waals surface area contributed by atoms with Gasteiger partial charge in [0.25, 0.3) is 0 Å². The summed E-state index contributed by atoms with van der Waals surface area (Å²) in [6.07, 6.45) is 0. The lowest BCUT2D eigenvalue weighted by Crippen LogP contribution is -2.37. The van der Waals surface area contributed by atoms with Crippen LogP contribution < -0.4 is 4.74 Å². The second-order valence-electron chi connectivity index (χ2n) is 6.25. The van der Waals surface area contributed by atoms with Gasteiger partial charge in [0.1, 0.15) is 11.8 Å². The molecule has 0 spiro atoms. The third kappa shape index (κ3) is 3.26. The third-order valence-electron chi connectivity index (χ3n) is 3.33. The van der Waals surface area contributed by atoms with Gasteiger partial charge in [-0.25, -0.2) is 0 Å². The number of fused-ring (bicyclic) bond motifs is 1. The quantitative estimate of drug-likeness (QED) is 0.784. The molecule has 2 aromatic carbocycles. The molecule has 0 aliphatic carbocycles. The van der Waals surface area contributed by atoms with E-state index in [9.17, 15) is 5.26 Å². The molecule has 0 saturated carbocycles. The highest BCUT2D eigenvalue weighted by molar-refractivity contribution is 6.69. The average molecular weight is 299 g/mol. The number of benzene rings is 2. The summed E-state index contributed by atoms with van der Waals surface area (Å²) in [4.78, 5) is 0. The molecular weight excluding hydrogens is 278 g/mol. The summed E-state index contributed by atoms with van der Waals surface area (Å²) in [5.41, 5.74) is -0.0222. The van der Waals surface area contributed by atoms with Gasteiger partial charge in [-0.05, 0) is 49.5 Å². The zero-order chi connectivity index (χ0) is 15.7. The van der Waals surface area contributed by atoms with Crippen LogP contribution in [0.4, 0.5) is 0 Å². The predicted molar refractivity (Wildman–Crippen MR) is 87.9 cm³/mol.